The third kappa shape index (κ3) is 3.99. The lowest BCUT2D eigenvalue weighted by Crippen LogP contribution is -2.46. The van der Waals surface area contributed by atoms with Crippen LogP contribution in [0.4, 0.5) is 5.69 Å². The summed E-state index contributed by atoms with van der Waals surface area (Å²) < 4.78 is 5.24. The minimum absolute atomic E-state index is 0.0229. The second-order valence-electron chi connectivity index (χ2n) is 6.26. The molecule has 1 saturated heterocycles. The standard InChI is InChI=1S/C20H22N2O3/c1-14-6-8-16(9-7-14)21-19(23)13-20(24)22-11-10-18(22)15-4-3-5-17(12-15)25-2/h3-9,12,18H,10-11,13H2,1-2H3,(H,21,23)/t18-/m1/s1. The van der Waals surface area contributed by atoms with E-state index in [0.29, 0.717) is 12.2 Å². The summed E-state index contributed by atoms with van der Waals surface area (Å²) in [4.78, 5) is 26.3. The first-order valence-electron chi connectivity index (χ1n) is 8.37. The highest BCUT2D eigenvalue weighted by molar-refractivity contribution is 6.03. The van der Waals surface area contributed by atoms with Gasteiger partial charge in [-0.1, -0.05) is 29.8 Å². The number of likely N-dealkylation sites (tertiary alicyclic amines) is 1. The fraction of sp³-hybridized carbons (Fsp3) is 0.300. The number of rotatable bonds is 5. The van der Waals surface area contributed by atoms with Crippen LogP contribution >= 0.6 is 0 Å². The van der Waals surface area contributed by atoms with Crippen molar-refractivity contribution in [3.05, 3.63) is 59.7 Å². The molecule has 1 aliphatic rings. The highest BCUT2D eigenvalue weighted by Gasteiger charge is 2.34. The lowest BCUT2D eigenvalue weighted by atomic mass is 9.94. The van der Waals surface area contributed by atoms with E-state index < -0.39 is 0 Å². The Morgan fingerprint density at radius 3 is 2.60 bits per heavy atom. The van der Waals surface area contributed by atoms with Gasteiger partial charge in [-0.15, -0.1) is 0 Å². The topological polar surface area (TPSA) is 58.6 Å². The van der Waals surface area contributed by atoms with Crippen LogP contribution in [0, 0.1) is 6.92 Å². The van der Waals surface area contributed by atoms with E-state index in [0.717, 1.165) is 23.3 Å². The summed E-state index contributed by atoms with van der Waals surface area (Å²) in [6, 6.07) is 15.3. The normalized spacial score (nSPS) is 16.1. The van der Waals surface area contributed by atoms with E-state index in [1.54, 1.807) is 12.0 Å². The Labute approximate surface area is 147 Å². The van der Waals surface area contributed by atoms with Crippen molar-refractivity contribution in [3.63, 3.8) is 0 Å². The van der Waals surface area contributed by atoms with Crippen molar-refractivity contribution in [1.29, 1.82) is 0 Å². The highest BCUT2D eigenvalue weighted by Crippen LogP contribution is 2.35. The molecule has 0 aromatic heterocycles. The Hall–Kier alpha value is -2.82. The molecule has 5 heteroatoms. The molecule has 0 unspecified atom stereocenters. The van der Waals surface area contributed by atoms with E-state index in [4.69, 9.17) is 4.74 Å². The molecular formula is C20H22N2O3. The van der Waals surface area contributed by atoms with Gasteiger partial charge in [-0.25, -0.2) is 0 Å². The minimum atomic E-state index is -0.287. The number of amides is 2. The van der Waals surface area contributed by atoms with Crippen LogP contribution in [0.2, 0.25) is 0 Å². The molecule has 0 aliphatic carbocycles. The summed E-state index contributed by atoms with van der Waals surface area (Å²) in [6.45, 7) is 2.66. The Kier molecular flexibility index (Phi) is 5.03. The van der Waals surface area contributed by atoms with Gasteiger partial charge in [0.15, 0.2) is 0 Å². The molecule has 2 amide bonds. The third-order valence-corrected chi connectivity index (χ3v) is 4.47. The van der Waals surface area contributed by atoms with Crippen molar-refractivity contribution < 1.29 is 14.3 Å². The van der Waals surface area contributed by atoms with Gasteiger partial charge in [0.2, 0.25) is 11.8 Å². The van der Waals surface area contributed by atoms with Crippen LogP contribution in [0.25, 0.3) is 0 Å². The van der Waals surface area contributed by atoms with E-state index in [9.17, 15) is 9.59 Å². The molecule has 2 aromatic rings. The fourth-order valence-electron chi connectivity index (χ4n) is 2.96. The van der Waals surface area contributed by atoms with Crippen LogP contribution < -0.4 is 10.1 Å². The van der Waals surface area contributed by atoms with Crippen LogP contribution in [0.1, 0.15) is 30.0 Å². The maximum absolute atomic E-state index is 12.5. The number of carbonyl (C=O) groups is 2. The summed E-state index contributed by atoms with van der Waals surface area (Å²) in [5.74, 6) is 0.336. The number of ether oxygens (including phenoxy) is 1. The van der Waals surface area contributed by atoms with E-state index in [1.807, 2.05) is 55.5 Å². The lowest BCUT2D eigenvalue weighted by molar-refractivity contribution is -0.141. The van der Waals surface area contributed by atoms with Crippen LogP contribution in [-0.2, 0) is 9.59 Å². The minimum Gasteiger partial charge on any atom is -0.497 e. The highest BCUT2D eigenvalue weighted by atomic mass is 16.5. The number of nitrogens with zero attached hydrogens (tertiary/aromatic N) is 1. The van der Waals surface area contributed by atoms with Gasteiger partial charge in [-0.3, -0.25) is 9.59 Å². The van der Waals surface area contributed by atoms with Crippen molar-refractivity contribution in [3.8, 4) is 5.75 Å². The Morgan fingerprint density at radius 2 is 1.96 bits per heavy atom. The van der Waals surface area contributed by atoms with Gasteiger partial charge in [-0.2, -0.15) is 0 Å². The number of anilines is 1. The van der Waals surface area contributed by atoms with E-state index >= 15 is 0 Å². The van der Waals surface area contributed by atoms with Gasteiger partial charge >= 0.3 is 0 Å². The third-order valence-electron chi connectivity index (χ3n) is 4.47. The van der Waals surface area contributed by atoms with Crippen LogP contribution in [-0.4, -0.2) is 30.4 Å². The summed E-state index contributed by atoms with van der Waals surface area (Å²) >= 11 is 0. The first-order valence-corrected chi connectivity index (χ1v) is 8.37. The number of carbonyl (C=O) groups excluding carboxylic acids is 2. The molecule has 0 bridgehead atoms. The first kappa shape index (κ1) is 17.0. The van der Waals surface area contributed by atoms with Crippen molar-refractivity contribution in [2.75, 3.05) is 19.0 Å². The predicted octanol–water partition coefficient (Wildman–Crippen LogP) is 3.31. The average Bonchev–Trinajstić information content (AvgIpc) is 2.56. The quantitative estimate of drug-likeness (QED) is 0.851. The van der Waals surface area contributed by atoms with Gasteiger partial charge in [0.1, 0.15) is 12.2 Å². The molecule has 3 rings (SSSR count). The predicted molar refractivity (Wildman–Crippen MR) is 96.5 cm³/mol. The molecule has 1 N–H and O–H groups in total. The summed E-state index contributed by atoms with van der Waals surface area (Å²) in [5.41, 5.74) is 2.87. The summed E-state index contributed by atoms with van der Waals surface area (Å²) in [6.07, 6.45) is 0.757. The maximum atomic E-state index is 12.5. The number of hydrogen-bond donors (Lipinski definition) is 1. The Bertz CT molecular complexity index is 771. The number of methoxy groups -OCH3 is 1. The molecule has 0 saturated carbocycles. The average molecular weight is 338 g/mol. The molecule has 0 radical (unpaired) electrons. The van der Waals surface area contributed by atoms with E-state index in [2.05, 4.69) is 5.32 Å². The Morgan fingerprint density at radius 1 is 1.20 bits per heavy atom. The molecule has 1 atom stereocenters. The number of benzene rings is 2. The zero-order valence-corrected chi connectivity index (χ0v) is 14.5. The van der Waals surface area contributed by atoms with Crippen LogP contribution in [0.15, 0.2) is 48.5 Å². The van der Waals surface area contributed by atoms with Crippen molar-refractivity contribution in [1.82, 2.24) is 4.90 Å². The lowest BCUT2D eigenvalue weighted by Gasteiger charge is -2.41. The molecule has 1 heterocycles. The van der Waals surface area contributed by atoms with Crippen molar-refractivity contribution in [2.45, 2.75) is 25.8 Å². The van der Waals surface area contributed by atoms with E-state index in [1.165, 1.54) is 0 Å². The van der Waals surface area contributed by atoms with E-state index in [-0.39, 0.29) is 24.3 Å². The molecule has 1 aliphatic heterocycles. The summed E-state index contributed by atoms with van der Waals surface area (Å²) in [7, 11) is 1.62. The molecular weight excluding hydrogens is 316 g/mol. The fourth-order valence-corrected chi connectivity index (χ4v) is 2.96. The SMILES string of the molecule is COc1cccc([C@H]2CCN2C(=O)CC(=O)Nc2ccc(C)cc2)c1. The number of aryl methyl sites for hydroxylation is 1. The molecule has 130 valence electrons. The van der Waals surface area contributed by atoms with Crippen molar-refractivity contribution in [2.24, 2.45) is 0 Å². The van der Waals surface area contributed by atoms with Gasteiger partial charge in [0.05, 0.1) is 13.2 Å². The Balaban J connectivity index is 1.59. The zero-order valence-electron chi connectivity index (χ0n) is 14.5. The van der Waals surface area contributed by atoms with Crippen molar-refractivity contribution >= 4 is 17.5 Å². The zero-order chi connectivity index (χ0) is 17.8. The van der Waals surface area contributed by atoms with Crippen LogP contribution in [0.5, 0.6) is 5.75 Å². The summed E-state index contributed by atoms with van der Waals surface area (Å²) in [5, 5.41) is 2.77. The van der Waals surface area contributed by atoms with Gasteiger partial charge in [-0.05, 0) is 43.2 Å². The maximum Gasteiger partial charge on any atom is 0.233 e. The monoisotopic (exact) mass is 338 g/mol. The van der Waals surface area contributed by atoms with Gasteiger partial charge < -0.3 is 15.0 Å². The molecule has 1 fully saturated rings. The second-order valence-corrected chi connectivity index (χ2v) is 6.26. The second kappa shape index (κ2) is 7.38. The van der Waals surface area contributed by atoms with Gasteiger partial charge in [0.25, 0.3) is 0 Å². The largest absolute Gasteiger partial charge is 0.497 e. The first-order chi connectivity index (χ1) is 12.1. The molecule has 25 heavy (non-hydrogen) atoms. The number of nitrogens with one attached hydrogen (secondary N) is 1. The van der Waals surface area contributed by atoms with Gasteiger partial charge in [0, 0.05) is 12.2 Å². The smallest absolute Gasteiger partial charge is 0.233 e. The molecule has 2 aromatic carbocycles. The molecule has 5 nitrogen and oxygen atoms in total. The van der Waals surface area contributed by atoms with Crippen LogP contribution in [0.3, 0.4) is 0 Å². The number of hydrogen-bond acceptors (Lipinski definition) is 3. The molecule has 0 spiro atoms.